The van der Waals surface area contributed by atoms with Gasteiger partial charge in [-0.05, 0) is 29.7 Å². The molecule has 4 aromatic rings. The van der Waals surface area contributed by atoms with Crippen LogP contribution in [0.1, 0.15) is 18.1 Å². The van der Waals surface area contributed by atoms with Crippen LogP contribution in [-0.4, -0.2) is 36.9 Å². The van der Waals surface area contributed by atoms with Crippen molar-refractivity contribution >= 4 is 17.1 Å². The number of aliphatic hydroxyl groups is 1. The molecule has 0 saturated heterocycles. The number of nitrogens with zero attached hydrogens (tertiary/aromatic N) is 3. The number of aryl methyl sites for hydroxylation is 2. The fourth-order valence-electron chi connectivity index (χ4n) is 3.60. The Labute approximate surface area is 190 Å². The molecule has 2 heterocycles. The Bertz CT molecular complexity index is 1340. The minimum Gasteiger partial charge on any atom is -0.491 e. The van der Waals surface area contributed by atoms with Crippen molar-refractivity contribution in [2.24, 2.45) is 7.05 Å². The van der Waals surface area contributed by atoms with E-state index in [1.165, 1.54) is 10.1 Å². The highest BCUT2D eigenvalue weighted by atomic mass is 16.5. The Morgan fingerprint density at radius 2 is 1.82 bits per heavy atom. The molecule has 3 N–H and O–H groups in total. The first-order valence-electron chi connectivity index (χ1n) is 10.8. The van der Waals surface area contributed by atoms with Crippen LogP contribution in [-0.2, 0) is 26.6 Å². The van der Waals surface area contributed by atoms with Crippen molar-refractivity contribution in [3.8, 4) is 5.75 Å². The number of aliphatic hydroxyl groups excluding tert-OH is 1. The minimum absolute atomic E-state index is 0.0347. The topological polar surface area (TPSA) is 114 Å². The van der Waals surface area contributed by atoms with Crippen molar-refractivity contribution < 1.29 is 9.84 Å². The van der Waals surface area contributed by atoms with Crippen molar-refractivity contribution in [1.82, 2.24) is 19.1 Å². The number of hydrogen-bond donors (Lipinski definition) is 3. The molecule has 0 aliphatic carbocycles. The number of rotatable bonds is 9. The fourth-order valence-corrected chi connectivity index (χ4v) is 3.60. The molecule has 2 aromatic heterocycles. The van der Waals surface area contributed by atoms with E-state index in [4.69, 9.17) is 4.74 Å². The highest BCUT2D eigenvalue weighted by Crippen LogP contribution is 2.18. The van der Waals surface area contributed by atoms with E-state index < -0.39 is 17.4 Å². The molecule has 0 bridgehead atoms. The number of imidazole rings is 1. The number of hydrogen-bond acceptors (Lipinski definition) is 6. The van der Waals surface area contributed by atoms with Gasteiger partial charge in [0.1, 0.15) is 18.5 Å². The predicted octanol–water partition coefficient (Wildman–Crippen LogP) is 2.04. The molecule has 0 aliphatic heterocycles. The number of aromatic nitrogens is 4. The number of aromatic amines is 1. The van der Waals surface area contributed by atoms with E-state index in [-0.39, 0.29) is 24.3 Å². The molecule has 1 atom stereocenters. The van der Waals surface area contributed by atoms with Gasteiger partial charge >= 0.3 is 5.69 Å². The summed E-state index contributed by atoms with van der Waals surface area (Å²) in [6.07, 6.45) is 0.0223. The van der Waals surface area contributed by atoms with E-state index in [0.717, 1.165) is 12.0 Å². The van der Waals surface area contributed by atoms with Crippen LogP contribution in [0.15, 0.2) is 64.2 Å². The Balaban J connectivity index is 1.58. The smallest absolute Gasteiger partial charge is 0.329 e. The molecule has 172 valence electrons. The van der Waals surface area contributed by atoms with Crippen LogP contribution < -0.4 is 21.3 Å². The summed E-state index contributed by atoms with van der Waals surface area (Å²) in [5.41, 5.74) is 1.56. The number of ether oxygens (including phenoxy) is 1. The minimum atomic E-state index is -0.915. The van der Waals surface area contributed by atoms with Crippen molar-refractivity contribution in [1.29, 1.82) is 0 Å². The Hall–Kier alpha value is -3.85. The quantitative estimate of drug-likeness (QED) is 0.360. The van der Waals surface area contributed by atoms with Crippen molar-refractivity contribution in [3.63, 3.8) is 0 Å². The van der Waals surface area contributed by atoms with Gasteiger partial charge in [-0.15, -0.1) is 0 Å². The van der Waals surface area contributed by atoms with Gasteiger partial charge in [0.25, 0.3) is 5.56 Å². The second-order valence-corrected chi connectivity index (χ2v) is 7.84. The summed E-state index contributed by atoms with van der Waals surface area (Å²) < 4.78 is 8.59. The number of benzene rings is 2. The first kappa shape index (κ1) is 22.3. The molecule has 0 fully saturated rings. The van der Waals surface area contributed by atoms with E-state index in [1.54, 1.807) is 11.6 Å². The molecule has 9 nitrogen and oxygen atoms in total. The lowest BCUT2D eigenvalue weighted by Gasteiger charge is -2.16. The molecule has 0 saturated carbocycles. The van der Waals surface area contributed by atoms with Gasteiger partial charge < -0.3 is 19.7 Å². The van der Waals surface area contributed by atoms with Crippen molar-refractivity contribution in [2.75, 3.05) is 11.9 Å². The van der Waals surface area contributed by atoms with Gasteiger partial charge in [-0.2, -0.15) is 4.98 Å². The van der Waals surface area contributed by atoms with E-state index in [9.17, 15) is 14.7 Å². The fraction of sp³-hybridized carbons (Fsp3) is 0.292. The maximum atomic E-state index is 12.6. The number of nitrogens with one attached hydrogen (secondary N) is 2. The van der Waals surface area contributed by atoms with Crippen LogP contribution in [0.5, 0.6) is 5.75 Å². The first-order chi connectivity index (χ1) is 16.0. The SMILES string of the molecule is CCc1ccc(OC[C@@H](O)Cn2c(NCc3ccccc3)nc3c2c(=O)[nH]c(=O)n3C)cc1. The molecular formula is C24H27N5O4. The van der Waals surface area contributed by atoms with Gasteiger partial charge in [-0.25, -0.2) is 4.79 Å². The lowest BCUT2D eigenvalue weighted by Crippen LogP contribution is -2.31. The van der Waals surface area contributed by atoms with Crippen LogP contribution in [0.4, 0.5) is 5.95 Å². The van der Waals surface area contributed by atoms with Gasteiger partial charge in [-0.1, -0.05) is 49.4 Å². The summed E-state index contributed by atoms with van der Waals surface area (Å²) in [6, 6.07) is 17.4. The van der Waals surface area contributed by atoms with E-state index >= 15 is 0 Å². The van der Waals surface area contributed by atoms with E-state index in [1.807, 2.05) is 54.6 Å². The van der Waals surface area contributed by atoms with Crippen LogP contribution >= 0.6 is 0 Å². The third-order valence-corrected chi connectivity index (χ3v) is 5.47. The summed E-state index contributed by atoms with van der Waals surface area (Å²) in [4.78, 5) is 31.4. The van der Waals surface area contributed by atoms with E-state index in [0.29, 0.717) is 18.2 Å². The maximum Gasteiger partial charge on any atom is 0.329 e. The molecular weight excluding hydrogens is 422 g/mol. The van der Waals surface area contributed by atoms with Crippen LogP contribution in [0, 0.1) is 0 Å². The van der Waals surface area contributed by atoms with Gasteiger partial charge in [-0.3, -0.25) is 14.3 Å². The molecule has 0 amide bonds. The zero-order valence-electron chi connectivity index (χ0n) is 18.6. The Morgan fingerprint density at radius 3 is 2.52 bits per heavy atom. The maximum absolute atomic E-state index is 12.6. The van der Waals surface area contributed by atoms with Gasteiger partial charge in [0.15, 0.2) is 11.2 Å². The van der Waals surface area contributed by atoms with Crippen molar-refractivity contribution in [3.05, 3.63) is 86.6 Å². The normalized spacial score (nSPS) is 12.1. The number of anilines is 1. The largest absolute Gasteiger partial charge is 0.491 e. The lowest BCUT2D eigenvalue weighted by molar-refractivity contribution is 0.0938. The summed E-state index contributed by atoms with van der Waals surface area (Å²) in [5.74, 6) is 1.04. The molecule has 0 unspecified atom stereocenters. The molecule has 0 radical (unpaired) electrons. The third-order valence-electron chi connectivity index (χ3n) is 5.47. The number of fused-ring (bicyclic) bond motifs is 1. The molecule has 33 heavy (non-hydrogen) atoms. The monoisotopic (exact) mass is 449 g/mol. The summed E-state index contributed by atoms with van der Waals surface area (Å²) >= 11 is 0. The van der Waals surface area contributed by atoms with Crippen LogP contribution in [0.2, 0.25) is 0 Å². The molecule has 4 rings (SSSR count). The highest BCUT2D eigenvalue weighted by molar-refractivity contribution is 5.74. The van der Waals surface area contributed by atoms with Gasteiger partial charge in [0.2, 0.25) is 5.95 Å². The summed E-state index contributed by atoms with van der Waals surface area (Å²) in [7, 11) is 1.54. The highest BCUT2D eigenvalue weighted by Gasteiger charge is 2.20. The zero-order chi connectivity index (χ0) is 23.4. The Morgan fingerprint density at radius 1 is 1.09 bits per heavy atom. The van der Waals surface area contributed by atoms with Crippen LogP contribution in [0.3, 0.4) is 0 Å². The van der Waals surface area contributed by atoms with E-state index in [2.05, 4.69) is 22.2 Å². The predicted molar refractivity (Wildman–Crippen MR) is 127 cm³/mol. The lowest BCUT2D eigenvalue weighted by atomic mass is 10.2. The van der Waals surface area contributed by atoms with Gasteiger partial charge in [0.05, 0.1) is 6.54 Å². The standard InChI is InChI=1S/C24H27N5O4/c1-3-16-9-11-19(12-10-16)33-15-18(30)14-29-20-21(28(2)24(32)27-22(20)31)26-23(29)25-13-17-7-5-4-6-8-17/h4-12,18,30H,3,13-15H2,1-2H3,(H,25,26)(H,27,31,32)/t18-/m0/s1. The average molecular weight is 450 g/mol. The molecule has 2 aromatic carbocycles. The third kappa shape index (κ3) is 4.98. The second-order valence-electron chi connectivity index (χ2n) is 7.84. The average Bonchev–Trinajstić information content (AvgIpc) is 3.19. The second kappa shape index (κ2) is 9.74. The summed E-state index contributed by atoms with van der Waals surface area (Å²) in [5, 5.41) is 13.9. The van der Waals surface area contributed by atoms with Crippen LogP contribution in [0.25, 0.3) is 11.2 Å². The summed E-state index contributed by atoms with van der Waals surface area (Å²) in [6.45, 7) is 2.64. The van der Waals surface area contributed by atoms with Gasteiger partial charge in [0, 0.05) is 13.6 Å². The molecule has 0 spiro atoms. The molecule has 0 aliphatic rings. The molecule has 9 heteroatoms. The van der Waals surface area contributed by atoms with Crippen molar-refractivity contribution in [2.45, 2.75) is 32.5 Å². The first-order valence-corrected chi connectivity index (χ1v) is 10.8. The Kier molecular flexibility index (Phi) is 6.60. The number of H-pyrrole nitrogens is 1. The zero-order valence-corrected chi connectivity index (χ0v) is 18.6.